The maximum Gasteiger partial charge on any atom is 0.143 e. The summed E-state index contributed by atoms with van der Waals surface area (Å²) in [6, 6.07) is 10.3. The fourth-order valence-corrected chi connectivity index (χ4v) is 3.51. The van der Waals surface area contributed by atoms with Crippen LogP contribution >= 0.6 is 0 Å². The smallest absolute Gasteiger partial charge is 0.143 e. The van der Waals surface area contributed by atoms with Gasteiger partial charge in [-0.2, -0.15) is 0 Å². The molecule has 1 aromatic carbocycles. The summed E-state index contributed by atoms with van der Waals surface area (Å²) in [4.78, 5) is 12.7. The van der Waals surface area contributed by atoms with E-state index in [1.54, 1.807) is 0 Å². The first-order valence-corrected chi connectivity index (χ1v) is 8.73. The average Bonchev–Trinajstić information content (AvgIpc) is 2.54. The molecule has 122 valence electrons. The Kier molecular flexibility index (Phi) is 6.19. The second-order valence-electron chi connectivity index (χ2n) is 7.56. The summed E-state index contributed by atoms with van der Waals surface area (Å²) in [5, 5.41) is 9.29. The Morgan fingerprint density at radius 2 is 1.86 bits per heavy atom. The molecule has 0 aromatic heterocycles. The first kappa shape index (κ1) is 17.2. The van der Waals surface area contributed by atoms with Crippen molar-refractivity contribution in [3.05, 3.63) is 35.9 Å². The fourth-order valence-electron chi connectivity index (χ4n) is 3.51. The van der Waals surface area contributed by atoms with E-state index < -0.39 is 0 Å². The predicted molar refractivity (Wildman–Crippen MR) is 90.9 cm³/mol. The van der Waals surface area contributed by atoms with Gasteiger partial charge in [-0.1, -0.05) is 63.4 Å². The van der Waals surface area contributed by atoms with E-state index in [0.717, 1.165) is 44.9 Å². The van der Waals surface area contributed by atoms with E-state index in [2.05, 4.69) is 26.0 Å². The quantitative estimate of drug-likeness (QED) is 0.740. The number of benzene rings is 1. The fraction of sp³-hybridized carbons (Fsp3) is 0.650. The van der Waals surface area contributed by atoms with Crippen LogP contribution in [0.1, 0.15) is 70.3 Å². The van der Waals surface area contributed by atoms with Gasteiger partial charge in [0.05, 0.1) is 0 Å². The molecule has 2 heteroatoms. The Labute approximate surface area is 134 Å². The van der Waals surface area contributed by atoms with E-state index in [-0.39, 0.29) is 23.9 Å². The Balaban J connectivity index is 1.83. The summed E-state index contributed by atoms with van der Waals surface area (Å²) in [6.07, 6.45) is 7.49. The van der Waals surface area contributed by atoms with E-state index >= 15 is 0 Å². The number of carbonyl (C=O) groups is 1. The number of hydrogen-bond acceptors (Lipinski definition) is 2. The predicted octanol–water partition coefficient (Wildman–Crippen LogP) is 4.72. The van der Waals surface area contributed by atoms with Crippen molar-refractivity contribution >= 4 is 5.78 Å². The molecule has 22 heavy (non-hydrogen) atoms. The van der Waals surface area contributed by atoms with E-state index in [1.165, 1.54) is 5.56 Å². The molecule has 2 rings (SSSR count). The highest BCUT2D eigenvalue weighted by Crippen LogP contribution is 2.35. The van der Waals surface area contributed by atoms with Gasteiger partial charge < -0.3 is 5.11 Å². The topological polar surface area (TPSA) is 37.3 Å². The molecule has 1 fully saturated rings. The van der Waals surface area contributed by atoms with Crippen molar-refractivity contribution in [2.24, 2.45) is 11.3 Å². The molecule has 0 saturated heterocycles. The van der Waals surface area contributed by atoms with Crippen molar-refractivity contribution in [2.45, 2.75) is 64.7 Å². The highest BCUT2D eigenvalue weighted by atomic mass is 16.3. The molecule has 1 aliphatic rings. The van der Waals surface area contributed by atoms with Crippen LogP contribution in [0.4, 0.5) is 0 Å². The van der Waals surface area contributed by atoms with Gasteiger partial charge in [0.2, 0.25) is 0 Å². The van der Waals surface area contributed by atoms with Crippen LogP contribution in [-0.2, 0) is 4.79 Å². The van der Waals surface area contributed by atoms with Crippen LogP contribution in [0.5, 0.6) is 0 Å². The number of unbranched alkanes of at least 4 members (excludes halogenated alkanes) is 1. The van der Waals surface area contributed by atoms with Crippen LogP contribution < -0.4 is 0 Å². The largest absolute Gasteiger partial charge is 0.396 e. The molecular weight excluding hydrogens is 272 g/mol. The van der Waals surface area contributed by atoms with Gasteiger partial charge >= 0.3 is 0 Å². The number of Topliss-reactive ketones (excluding diaryl/α,β-unsaturated/α-hetero) is 1. The number of ketones is 1. The lowest BCUT2D eigenvalue weighted by Gasteiger charge is -2.28. The molecule has 1 saturated carbocycles. The lowest BCUT2D eigenvalue weighted by Crippen LogP contribution is -2.27. The minimum absolute atomic E-state index is 0.0170. The van der Waals surface area contributed by atoms with Crippen molar-refractivity contribution < 1.29 is 9.90 Å². The van der Waals surface area contributed by atoms with Gasteiger partial charge in [-0.25, -0.2) is 0 Å². The molecule has 2 atom stereocenters. The second-order valence-corrected chi connectivity index (χ2v) is 7.56. The molecule has 0 aliphatic heterocycles. The number of aliphatic hydroxyl groups is 1. The summed E-state index contributed by atoms with van der Waals surface area (Å²) in [5.74, 6) is 0.823. The lowest BCUT2D eigenvalue weighted by atomic mass is 9.75. The van der Waals surface area contributed by atoms with E-state index in [4.69, 9.17) is 0 Å². The third-order valence-electron chi connectivity index (χ3n) is 5.08. The third kappa shape index (κ3) is 4.67. The highest BCUT2D eigenvalue weighted by Gasteiger charge is 2.31. The van der Waals surface area contributed by atoms with Crippen LogP contribution in [0.15, 0.2) is 30.3 Å². The molecule has 1 aromatic rings. The Bertz CT molecular complexity index is 464. The zero-order valence-electron chi connectivity index (χ0n) is 14.1. The zero-order valence-corrected chi connectivity index (χ0v) is 14.1. The molecule has 2 unspecified atom stereocenters. The van der Waals surface area contributed by atoms with Gasteiger partial charge in [0.15, 0.2) is 0 Å². The van der Waals surface area contributed by atoms with Crippen molar-refractivity contribution in [3.8, 4) is 0 Å². The monoisotopic (exact) mass is 302 g/mol. The Morgan fingerprint density at radius 1 is 1.14 bits per heavy atom. The molecule has 0 bridgehead atoms. The Hall–Kier alpha value is -1.15. The number of rotatable bonds is 7. The Morgan fingerprint density at radius 3 is 2.55 bits per heavy atom. The van der Waals surface area contributed by atoms with Crippen LogP contribution in [0.3, 0.4) is 0 Å². The standard InChI is InChI=1S/C20H30O2/c1-20(2,15-21)14-7-6-11-17-12-8-13-18(19(17)22)16-9-4-3-5-10-16/h3-5,9-10,17-18,21H,6-8,11-15H2,1-2H3. The van der Waals surface area contributed by atoms with Crippen LogP contribution in [0.25, 0.3) is 0 Å². The van der Waals surface area contributed by atoms with E-state index in [0.29, 0.717) is 5.78 Å². The first-order valence-electron chi connectivity index (χ1n) is 8.73. The number of hydrogen-bond donors (Lipinski definition) is 1. The molecule has 0 radical (unpaired) electrons. The third-order valence-corrected chi connectivity index (χ3v) is 5.08. The van der Waals surface area contributed by atoms with Crippen molar-refractivity contribution in [3.63, 3.8) is 0 Å². The van der Waals surface area contributed by atoms with Crippen LogP contribution in [-0.4, -0.2) is 17.5 Å². The molecule has 2 nitrogen and oxygen atoms in total. The normalized spacial score (nSPS) is 22.8. The van der Waals surface area contributed by atoms with Crippen molar-refractivity contribution in [1.29, 1.82) is 0 Å². The van der Waals surface area contributed by atoms with E-state index in [9.17, 15) is 9.90 Å². The van der Waals surface area contributed by atoms with Crippen molar-refractivity contribution in [1.82, 2.24) is 0 Å². The molecule has 0 amide bonds. The molecule has 1 aliphatic carbocycles. The van der Waals surface area contributed by atoms with Crippen molar-refractivity contribution in [2.75, 3.05) is 6.61 Å². The molecule has 1 N–H and O–H groups in total. The van der Waals surface area contributed by atoms with Gasteiger partial charge in [0.1, 0.15) is 5.78 Å². The maximum atomic E-state index is 12.7. The average molecular weight is 302 g/mol. The second kappa shape index (κ2) is 7.92. The summed E-state index contributed by atoms with van der Waals surface area (Å²) in [5.41, 5.74) is 1.21. The SMILES string of the molecule is CC(C)(CO)CCCCC1CCCC(c2ccccc2)C1=O. The highest BCUT2D eigenvalue weighted by molar-refractivity contribution is 5.88. The summed E-state index contributed by atoms with van der Waals surface area (Å²) in [6.45, 7) is 4.44. The minimum atomic E-state index is 0.0170. The number of aliphatic hydroxyl groups excluding tert-OH is 1. The van der Waals surface area contributed by atoms with Gasteiger partial charge in [0, 0.05) is 18.4 Å². The molecule has 0 spiro atoms. The van der Waals surface area contributed by atoms with Crippen LogP contribution in [0, 0.1) is 11.3 Å². The lowest BCUT2D eigenvalue weighted by molar-refractivity contribution is -0.126. The molecular formula is C20H30O2. The van der Waals surface area contributed by atoms with Gasteiger partial charge in [-0.15, -0.1) is 0 Å². The zero-order chi connectivity index (χ0) is 16.0. The summed E-state index contributed by atoms with van der Waals surface area (Å²) >= 11 is 0. The summed E-state index contributed by atoms with van der Waals surface area (Å²) in [7, 11) is 0. The summed E-state index contributed by atoms with van der Waals surface area (Å²) < 4.78 is 0. The number of carbonyl (C=O) groups excluding carboxylic acids is 1. The van der Waals surface area contributed by atoms with Gasteiger partial charge in [0.25, 0.3) is 0 Å². The maximum absolute atomic E-state index is 12.7. The first-order chi connectivity index (χ1) is 10.5. The van der Waals surface area contributed by atoms with Gasteiger partial charge in [-0.05, 0) is 36.7 Å². The van der Waals surface area contributed by atoms with E-state index in [1.807, 2.05) is 18.2 Å². The van der Waals surface area contributed by atoms with Crippen LogP contribution in [0.2, 0.25) is 0 Å². The van der Waals surface area contributed by atoms with Gasteiger partial charge in [-0.3, -0.25) is 4.79 Å². The minimum Gasteiger partial charge on any atom is -0.396 e. The molecule has 0 heterocycles.